The van der Waals surface area contributed by atoms with Gasteiger partial charge in [-0.1, -0.05) is 6.07 Å². The summed E-state index contributed by atoms with van der Waals surface area (Å²) in [6.07, 6.45) is 4.92. The molecule has 7 heteroatoms. The Labute approximate surface area is 126 Å². The number of rotatable bonds is 3. The van der Waals surface area contributed by atoms with E-state index in [0.717, 1.165) is 11.1 Å². The van der Waals surface area contributed by atoms with Crippen LogP contribution in [0.25, 0.3) is 5.95 Å². The SMILES string of the molecule is Cc1cc(C)cc(Oc2nc(Cl)nc(-n3ccnc3)n2)c1. The highest BCUT2D eigenvalue weighted by molar-refractivity contribution is 6.28. The molecule has 0 radical (unpaired) electrons. The topological polar surface area (TPSA) is 65.7 Å². The highest BCUT2D eigenvalue weighted by Gasteiger charge is 2.09. The van der Waals surface area contributed by atoms with Gasteiger partial charge in [0, 0.05) is 12.4 Å². The average molecular weight is 302 g/mol. The van der Waals surface area contributed by atoms with E-state index in [2.05, 4.69) is 26.0 Å². The molecule has 0 saturated carbocycles. The van der Waals surface area contributed by atoms with Gasteiger partial charge in [-0.3, -0.25) is 4.57 Å². The van der Waals surface area contributed by atoms with Crippen LogP contribution in [0.2, 0.25) is 5.28 Å². The van der Waals surface area contributed by atoms with Gasteiger partial charge in [0.2, 0.25) is 11.2 Å². The van der Waals surface area contributed by atoms with Crippen LogP contribution in [0.15, 0.2) is 36.9 Å². The second-order valence-corrected chi connectivity index (χ2v) is 4.92. The zero-order valence-corrected chi connectivity index (χ0v) is 12.2. The first-order chi connectivity index (χ1) is 10.1. The fourth-order valence-corrected chi connectivity index (χ4v) is 2.11. The first-order valence-corrected chi connectivity index (χ1v) is 6.64. The molecule has 0 aliphatic rings. The largest absolute Gasteiger partial charge is 0.424 e. The third kappa shape index (κ3) is 3.17. The summed E-state index contributed by atoms with van der Waals surface area (Å²) in [5.41, 5.74) is 2.19. The van der Waals surface area contributed by atoms with Crippen LogP contribution >= 0.6 is 11.6 Å². The van der Waals surface area contributed by atoms with Crippen molar-refractivity contribution in [3.05, 3.63) is 53.3 Å². The number of hydrogen-bond donors (Lipinski definition) is 0. The van der Waals surface area contributed by atoms with Gasteiger partial charge >= 0.3 is 6.01 Å². The van der Waals surface area contributed by atoms with Crippen molar-refractivity contribution >= 4 is 11.6 Å². The summed E-state index contributed by atoms with van der Waals surface area (Å²) in [6.45, 7) is 3.99. The van der Waals surface area contributed by atoms with Crippen LogP contribution in [0, 0.1) is 13.8 Å². The predicted molar refractivity (Wildman–Crippen MR) is 77.9 cm³/mol. The van der Waals surface area contributed by atoms with Crippen LogP contribution in [0.4, 0.5) is 0 Å². The van der Waals surface area contributed by atoms with Gasteiger partial charge in [-0.2, -0.15) is 15.0 Å². The van der Waals surface area contributed by atoms with Crippen LogP contribution < -0.4 is 4.74 Å². The molecule has 6 nitrogen and oxygen atoms in total. The summed E-state index contributed by atoms with van der Waals surface area (Å²) in [5, 5.41) is 0.0630. The number of halogens is 1. The molecule has 0 aliphatic heterocycles. The smallest absolute Gasteiger partial charge is 0.328 e. The van der Waals surface area contributed by atoms with E-state index in [4.69, 9.17) is 16.3 Å². The molecule has 1 aromatic carbocycles. The van der Waals surface area contributed by atoms with Crippen molar-refractivity contribution in [3.63, 3.8) is 0 Å². The molecule has 0 unspecified atom stereocenters. The van der Waals surface area contributed by atoms with Crippen molar-refractivity contribution in [3.8, 4) is 17.7 Å². The van der Waals surface area contributed by atoms with Crippen molar-refractivity contribution in [2.45, 2.75) is 13.8 Å². The molecular weight excluding hydrogens is 290 g/mol. The van der Waals surface area contributed by atoms with Gasteiger partial charge in [0.15, 0.2) is 0 Å². The molecular formula is C14H12ClN5O. The Kier molecular flexibility index (Phi) is 3.53. The highest BCUT2D eigenvalue weighted by atomic mass is 35.5. The van der Waals surface area contributed by atoms with Gasteiger partial charge < -0.3 is 4.74 Å². The van der Waals surface area contributed by atoms with E-state index < -0.39 is 0 Å². The lowest BCUT2D eigenvalue weighted by atomic mass is 10.1. The van der Waals surface area contributed by atoms with E-state index in [0.29, 0.717) is 11.7 Å². The Morgan fingerprint density at radius 1 is 1.05 bits per heavy atom. The van der Waals surface area contributed by atoms with Gasteiger partial charge in [0.25, 0.3) is 0 Å². The third-order valence-electron chi connectivity index (χ3n) is 2.72. The minimum absolute atomic E-state index is 0.0630. The molecule has 3 aromatic rings. The van der Waals surface area contributed by atoms with Gasteiger partial charge in [-0.15, -0.1) is 0 Å². The molecule has 2 heterocycles. The second kappa shape index (κ2) is 5.49. The average Bonchev–Trinajstić information content (AvgIpc) is 2.90. The van der Waals surface area contributed by atoms with E-state index >= 15 is 0 Å². The van der Waals surface area contributed by atoms with E-state index in [1.807, 2.05) is 26.0 Å². The number of hydrogen-bond acceptors (Lipinski definition) is 5. The molecule has 0 amide bonds. The fraction of sp³-hybridized carbons (Fsp3) is 0.143. The molecule has 0 fully saturated rings. The Hall–Kier alpha value is -2.47. The maximum absolute atomic E-state index is 5.92. The predicted octanol–water partition coefficient (Wildman–Crippen LogP) is 3.12. The lowest BCUT2D eigenvalue weighted by molar-refractivity contribution is 0.437. The summed E-state index contributed by atoms with van der Waals surface area (Å²) in [6, 6.07) is 6.01. The molecule has 0 atom stereocenters. The molecule has 2 aromatic heterocycles. The monoisotopic (exact) mass is 301 g/mol. The highest BCUT2D eigenvalue weighted by Crippen LogP contribution is 2.22. The van der Waals surface area contributed by atoms with Crippen LogP contribution in [0.5, 0.6) is 11.8 Å². The van der Waals surface area contributed by atoms with Gasteiger partial charge in [0.1, 0.15) is 12.1 Å². The Morgan fingerprint density at radius 3 is 2.48 bits per heavy atom. The quantitative estimate of drug-likeness (QED) is 0.743. The maximum atomic E-state index is 5.92. The summed E-state index contributed by atoms with van der Waals surface area (Å²) in [7, 11) is 0. The van der Waals surface area contributed by atoms with E-state index in [1.165, 1.54) is 0 Å². The van der Waals surface area contributed by atoms with Crippen LogP contribution in [0.3, 0.4) is 0 Å². The zero-order valence-electron chi connectivity index (χ0n) is 11.5. The number of imidazole rings is 1. The first-order valence-electron chi connectivity index (χ1n) is 6.26. The molecule has 0 N–H and O–H groups in total. The Bertz CT molecular complexity index is 753. The minimum atomic E-state index is 0.0630. The molecule has 0 spiro atoms. The van der Waals surface area contributed by atoms with Crippen molar-refractivity contribution in [1.29, 1.82) is 0 Å². The summed E-state index contributed by atoms with van der Waals surface area (Å²) in [5.74, 6) is 1.01. The number of ether oxygens (including phenoxy) is 1. The van der Waals surface area contributed by atoms with Crippen molar-refractivity contribution in [2.24, 2.45) is 0 Å². The zero-order chi connectivity index (χ0) is 14.8. The summed E-state index contributed by atoms with van der Waals surface area (Å²) in [4.78, 5) is 16.2. The van der Waals surface area contributed by atoms with Crippen LogP contribution in [-0.4, -0.2) is 24.5 Å². The summed E-state index contributed by atoms with van der Waals surface area (Å²) < 4.78 is 7.31. The number of aryl methyl sites for hydroxylation is 2. The van der Waals surface area contributed by atoms with Crippen LogP contribution in [0.1, 0.15) is 11.1 Å². The van der Waals surface area contributed by atoms with Gasteiger partial charge in [-0.05, 0) is 48.7 Å². The minimum Gasteiger partial charge on any atom is -0.424 e. The second-order valence-electron chi connectivity index (χ2n) is 4.58. The number of benzene rings is 1. The molecule has 0 aliphatic carbocycles. The lowest BCUT2D eigenvalue weighted by Gasteiger charge is -2.07. The maximum Gasteiger partial charge on any atom is 0.328 e. The Balaban J connectivity index is 1.95. The number of nitrogens with zero attached hydrogens (tertiary/aromatic N) is 5. The lowest BCUT2D eigenvalue weighted by Crippen LogP contribution is -2.03. The molecule has 106 valence electrons. The number of aromatic nitrogens is 5. The van der Waals surface area contributed by atoms with Gasteiger partial charge in [0.05, 0.1) is 0 Å². The van der Waals surface area contributed by atoms with Crippen LogP contribution in [-0.2, 0) is 0 Å². The molecule has 0 bridgehead atoms. The molecule has 3 rings (SSSR count). The third-order valence-corrected chi connectivity index (χ3v) is 2.88. The fourth-order valence-electron chi connectivity index (χ4n) is 1.96. The van der Waals surface area contributed by atoms with E-state index in [1.54, 1.807) is 23.3 Å². The molecule has 0 saturated heterocycles. The molecule has 21 heavy (non-hydrogen) atoms. The standard InChI is InChI=1S/C14H12ClN5O/c1-9-5-10(2)7-11(6-9)21-14-18-12(15)17-13(19-14)20-4-3-16-8-20/h3-8H,1-2H3. The normalized spacial score (nSPS) is 10.6. The first kappa shape index (κ1) is 13.5. The van der Waals surface area contributed by atoms with E-state index in [9.17, 15) is 0 Å². The van der Waals surface area contributed by atoms with Crippen molar-refractivity contribution in [2.75, 3.05) is 0 Å². The summed E-state index contributed by atoms with van der Waals surface area (Å²) >= 11 is 5.92. The van der Waals surface area contributed by atoms with Gasteiger partial charge in [-0.25, -0.2) is 4.98 Å². The Morgan fingerprint density at radius 2 is 1.81 bits per heavy atom. The van der Waals surface area contributed by atoms with E-state index in [-0.39, 0.29) is 11.3 Å². The van der Waals surface area contributed by atoms with Crippen molar-refractivity contribution in [1.82, 2.24) is 24.5 Å². The van der Waals surface area contributed by atoms with Crippen molar-refractivity contribution < 1.29 is 4.74 Å².